The molecule has 0 saturated carbocycles. The number of cyclic esters (lactones) is 1. The maximum Gasteiger partial charge on any atom is 0.313 e. The average molecular weight is 392 g/mol. The molecule has 4 aliphatic rings. The lowest BCUT2D eigenvalue weighted by Crippen LogP contribution is -2.55. The van der Waals surface area contributed by atoms with Crippen molar-refractivity contribution in [1.29, 1.82) is 0 Å². The Morgan fingerprint density at radius 1 is 1.10 bits per heavy atom. The van der Waals surface area contributed by atoms with Crippen molar-refractivity contribution in [3.05, 3.63) is 70.8 Å². The summed E-state index contributed by atoms with van der Waals surface area (Å²) >= 11 is 0. The number of carbonyl (C=O) groups is 2. The van der Waals surface area contributed by atoms with E-state index in [2.05, 4.69) is 12.1 Å². The summed E-state index contributed by atoms with van der Waals surface area (Å²) < 4.78 is 10.8. The predicted octanol–water partition coefficient (Wildman–Crippen LogP) is 3.14. The number of carbonyl (C=O) groups excluding carboxylic acids is 2. The average Bonchev–Trinajstić information content (AvgIpc) is 3.06. The minimum atomic E-state index is -1.19. The Kier molecular flexibility index (Phi) is 4.07. The molecule has 29 heavy (non-hydrogen) atoms. The fourth-order valence-corrected chi connectivity index (χ4v) is 6.06. The number of aliphatic hydroxyl groups excluding tert-OH is 1. The zero-order chi connectivity index (χ0) is 20.3. The second kappa shape index (κ2) is 6.42. The van der Waals surface area contributed by atoms with Crippen molar-refractivity contribution in [3.8, 4) is 0 Å². The van der Waals surface area contributed by atoms with Gasteiger partial charge in [0.2, 0.25) is 0 Å². The molecule has 1 fully saturated rings. The van der Waals surface area contributed by atoms with Crippen molar-refractivity contribution in [2.75, 3.05) is 7.11 Å². The van der Waals surface area contributed by atoms with Gasteiger partial charge in [0.05, 0.1) is 12.5 Å². The zero-order valence-electron chi connectivity index (χ0n) is 16.5. The van der Waals surface area contributed by atoms with E-state index in [9.17, 15) is 14.7 Å². The van der Waals surface area contributed by atoms with Crippen molar-refractivity contribution in [1.82, 2.24) is 0 Å². The van der Waals surface area contributed by atoms with Crippen LogP contribution in [0.5, 0.6) is 0 Å². The summed E-state index contributed by atoms with van der Waals surface area (Å²) in [5.41, 5.74) is 3.25. The number of hydrogen-bond acceptors (Lipinski definition) is 5. The molecule has 0 spiro atoms. The molecular weight excluding hydrogens is 368 g/mol. The Labute approximate surface area is 169 Å². The van der Waals surface area contributed by atoms with Crippen LogP contribution in [-0.4, -0.2) is 36.4 Å². The van der Waals surface area contributed by atoms with Gasteiger partial charge in [0, 0.05) is 11.8 Å². The van der Waals surface area contributed by atoms with E-state index < -0.39 is 35.5 Å². The summed E-state index contributed by atoms with van der Waals surface area (Å²) in [6, 6.07) is 16.2. The minimum Gasteiger partial charge on any atom is -0.469 e. The first-order valence-electron chi connectivity index (χ1n) is 10.2. The molecule has 1 unspecified atom stereocenters. The highest BCUT2D eigenvalue weighted by molar-refractivity contribution is 5.90. The molecule has 1 saturated heterocycles. The maximum atomic E-state index is 13.4. The molecule has 2 bridgehead atoms. The SMILES string of the molecule is CC[C@H]1OC(=O)C([C@@]2(C(=O)OC)CC3c4ccccc4C2c2ccccc23)[C@H]1O. The Morgan fingerprint density at radius 2 is 1.66 bits per heavy atom. The number of hydrogen-bond donors (Lipinski definition) is 1. The van der Waals surface area contributed by atoms with Crippen molar-refractivity contribution in [2.24, 2.45) is 11.3 Å². The number of aliphatic hydroxyl groups is 1. The van der Waals surface area contributed by atoms with Crippen LogP contribution in [-0.2, 0) is 19.1 Å². The number of esters is 2. The Hall–Kier alpha value is -2.66. The van der Waals surface area contributed by atoms with Crippen molar-refractivity contribution < 1.29 is 24.2 Å². The van der Waals surface area contributed by atoms with Crippen molar-refractivity contribution in [2.45, 2.75) is 43.8 Å². The Morgan fingerprint density at radius 3 is 2.14 bits per heavy atom. The third-order valence-electron chi connectivity index (χ3n) is 7.19. The second-order valence-electron chi connectivity index (χ2n) is 8.33. The third kappa shape index (κ3) is 2.25. The van der Waals surface area contributed by atoms with Crippen LogP contribution >= 0.6 is 0 Å². The van der Waals surface area contributed by atoms with Crippen molar-refractivity contribution >= 4 is 11.9 Å². The molecule has 3 aliphatic carbocycles. The first kappa shape index (κ1) is 18.4. The smallest absolute Gasteiger partial charge is 0.313 e. The summed E-state index contributed by atoms with van der Waals surface area (Å²) in [7, 11) is 1.36. The molecule has 4 atom stereocenters. The van der Waals surface area contributed by atoms with Crippen LogP contribution < -0.4 is 0 Å². The lowest BCUT2D eigenvalue weighted by Gasteiger charge is -2.53. The fraction of sp³-hybridized carbons (Fsp3) is 0.417. The van der Waals surface area contributed by atoms with E-state index in [1.807, 2.05) is 43.3 Å². The van der Waals surface area contributed by atoms with Crippen LogP contribution in [0.25, 0.3) is 0 Å². The molecule has 1 heterocycles. The first-order valence-corrected chi connectivity index (χ1v) is 10.2. The highest BCUT2D eigenvalue weighted by Crippen LogP contribution is 2.65. The summed E-state index contributed by atoms with van der Waals surface area (Å²) in [6.07, 6.45) is -0.710. The van der Waals surface area contributed by atoms with Gasteiger partial charge in [-0.2, -0.15) is 0 Å². The molecule has 2 aromatic carbocycles. The molecule has 6 rings (SSSR count). The van der Waals surface area contributed by atoms with Gasteiger partial charge in [0.1, 0.15) is 18.1 Å². The second-order valence-corrected chi connectivity index (χ2v) is 8.33. The van der Waals surface area contributed by atoms with Crippen LogP contribution in [0.2, 0.25) is 0 Å². The van der Waals surface area contributed by atoms with Gasteiger partial charge in [-0.15, -0.1) is 0 Å². The van der Waals surface area contributed by atoms with Gasteiger partial charge >= 0.3 is 11.9 Å². The van der Waals surface area contributed by atoms with Gasteiger partial charge in [-0.1, -0.05) is 55.5 Å². The topological polar surface area (TPSA) is 72.8 Å². The van der Waals surface area contributed by atoms with Crippen LogP contribution in [0.1, 0.15) is 53.9 Å². The number of ether oxygens (including phenoxy) is 2. The largest absolute Gasteiger partial charge is 0.469 e. The highest BCUT2D eigenvalue weighted by Gasteiger charge is 2.67. The van der Waals surface area contributed by atoms with Gasteiger partial charge in [0.15, 0.2) is 0 Å². The first-order chi connectivity index (χ1) is 14.0. The molecule has 1 N–H and O–H groups in total. The normalized spacial score (nSPS) is 34.3. The minimum absolute atomic E-state index is 0.0350. The van der Waals surface area contributed by atoms with Gasteiger partial charge in [0.25, 0.3) is 0 Å². The molecule has 2 aromatic rings. The van der Waals surface area contributed by atoms with E-state index in [4.69, 9.17) is 9.47 Å². The molecular formula is C24H24O5. The van der Waals surface area contributed by atoms with Gasteiger partial charge < -0.3 is 14.6 Å². The molecule has 150 valence electrons. The van der Waals surface area contributed by atoms with Gasteiger partial charge in [-0.05, 0) is 35.1 Å². The zero-order valence-corrected chi connectivity index (χ0v) is 16.5. The number of benzene rings is 2. The summed E-state index contributed by atoms with van der Waals surface area (Å²) in [5.74, 6) is -2.30. The van der Waals surface area contributed by atoms with Crippen LogP contribution in [0.3, 0.4) is 0 Å². The Bertz CT molecular complexity index is 951. The van der Waals surface area contributed by atoms with E-state index in [0.29, 0.717) is 12.8 Å². The van der Waals surface area contributed by atoms with Gasteiger partial charge in [-0.3, -0.25) is 9.59 Å². The highest BCUT2D eigenvalue weighted by atomic mass is 16.6. The monoisotopic (exact) mass is 392 g/mol. The number of methoxy groups -OCH3 is 1. The van der Waals surface area contributed by atoms with Gasteiger partial charge in [-0.25, -0.2) is 0 Å². The summed E-state index contributed by atoms with van der Waals surface area (Å²) in [5, 5.41) is 11.1. The lowest BCUT2D eigenvalue weighted by atomic mass is 9.48. The molecule has 1 aliphatic heterocycles. The number of fused-ring (bicyclic) bond motifs is 1. The van der Waals surface area contributed by atoms with E-state index in [1.165, 1.54) is 18.2 Å². The van der Waals surface area contributed by atoms with Crippen LogP contribution in [0.15, 0.2) is 48.5 Å². The number of rotatable bonds is 3. The molecule has 0 amide bonds. The molecule has 5 nitrogen and oxygen atoms in total. The summed E-state index contributed by atoms with van der Waals surface area (Å²) in [6.45, 7) is 1.87. The predicted molar refractivity (Wildman–Crippen MR) is 105 cm³/mol. The maximum absolute atomic E-state index is 13.4. The fourth-order valence-electron chi connectivity index (χ4n) is 6.06. The van der Waals surface area contributed by atoms with E-state index in [0.717, 1.165) is 11.1 Å². The van der Waals surface area contributed by atoms with E-state index in [-0.39, 0.29) is 11.8 Å². The summed E-state index contributed by atoms with van der Waals surface area (Å²) in [4.78, 5) is 26.4. The standard InChI is InChI=1S/C24H24O5/c1-3-18-21(25)20(22(26)29-18)24(23(27)28-2)12-17-13-8-4-6-10-15(13)19(24)16-11-7-5-9-14(16)17/h4-11,17-21,25H,3,12H2,1-2H3/t17?,18-,19?,20?,21+,24-/m1/s1. The van der Waals surface area contributed by atoms with Crippen LogP contribution in [0, 0.1) is 11.3 Å². The van der Waals surface area contributed by atoms with E-state index in [1.54, 1.807) is 0 Å². The quantitative estimate of drug-likeness (QED) is 0.813. The molecule has 0 radical (unpaired) electrons. The lowest BCUT2D eigenvalue weighted by molar-refractivity contribution is -0.168. The van der Waals surface area contributed by atoms with E-state index >= 15 is 0 Å². The van der Waals surface area contributed by atoms with Crippen molar-refractivity contribution in [3.63, 3.8) is 0 Å². The third-order valence-corrected chi connectivity index (χ3v) is 7.19. The molecule has 5 heteroatoms. The van der Waals surface area contributed by atoms with Crippen LogP contribution in [0.4, 0.5) is 0 Å². The molecule has 0 aromatic heterocycles. The Balaban J connectivity index is 1.78.